The van der Waals surface area contributed by atoms with E-state index in [9.17, 15) is 9.18 Å². The van der Waals surface area contributed by atoms with Gasteiger partial charge in [0, 0.05) is 19.1 Å². The predicted molar refractivity (Wildman–Crippen MR) is 81.9 cm³/mol. The van der Waals surface area contributed by atoms with Crippen molar-refractivity contribution < 1.29 is 9.18 Å². The maximum Gasteiger partial charge on any atom is 0.257 e. The number of halogens is 1. The van der Waals surface area contributed by atoms with Crippen LogP contribution in [0.15, 0.2) is 12.3 Å². The van der Waals surface area contributed by atoms with Crippen LogP contribution in [0.25, 0.3) is 0 Å². The van der Waals surface area contributed by atoms with Crippen molar-refractivity contribution in [2.24, 2.45) is 0 Å². The van der Waals surface area contributed by atoms with Crippen molar-refractivity contribution in [1.82, 2.24) is 9.88 Å². The number of rotatable bonds is 5. The molecule has 1 fully saturated rings. The summed E-state index contributed by atoms with van der Waals surface area (Å²) < 4.78 is 13.5. The van der Waals surface area contributed by atoms with Crippen molar-refractivity contribution in [1.29, 1.82) is 0 Å². The number of hydrogen-bond acceptors (Lipinski definition) is 3. The number of likely N-dealkylation sites (tertiary alicyclic amines) is 1. The molecule has 1 aliphatic heterocycles. The number of nitrogens with one attached hydrogen (secondary N) is 1. The number of nitrogens with zero attached hydrogens (tertiary/aromatic N) is 2. The maximum absolute atomic E-state index is 13.5. The van der Waals surface area contributed by atoms with Gasteiger partial charge in [-0.1, -0.05) is 13.3 Å². The second-order valence-electron chi connectivity index (χ2n) is 5.52. The Kier molecular flexibility index (Phi) is 5.53. The zero-order valence-electron chi connectivity index (χ0n) is 12.9. The Hall–Kier alpha value is -1.65. The molecule has 1 atom stereocenters. The van der Waals surface area contributed by atoms with Crippen LogP contribution in [0.3, 0.4) is 0 Å². The van der Waals surface area contributed by atoms with Crippen molar-refractivity contribution >= 4 is 11.7 Å². The van der Waals surface area contributed by atoms with Crippen LogP contribution in [0, 0.1) is 5.82 Å². The fourth-order valence-electron chi connectivity index (χ4n) is 2.97. The number of pyridine rings is 1. The van der Waals surface area contributed by atoms with Gasteiger partial charge in [0.05, 0.1) is 11.8 Å². The highest BCUT2D eigenvalue weighted by molar-refractivity contribution is 5.99. The first-order chi connectivity index (χ1) is 10.2. The van der Waals surface area contributed by atoms with E-state index in [0.717, 1.165) is 44.8 Å². The minimum atomic E-state index is -0.468. The molecule has 1 aliphatic rings. The molecule has 0 radical (unpaired) electrons. The number of amides is 1. The fraction of sp³-hybridized carbons (Fsp3) is 0.625. The maximum atomic E-state index is 13.5. The van der Waals surface area contributed by atoms with E-state index in [4.69, 9.17) is 0 Å². The van der Waals surface area contributed by atoms with Crippen LogP contribution >= 0.6 is 0 Å². The van der Waals surface area contributed by atoms with Crippen molar-refractivity contribution in [3.63, 3.8) is 0 Å². The number of anilines is 1. The van der Waals surface area contributed by atoms with Crippen LogP contribution in [-0.2, 0) is 0 Å². The summed E-state index contributed by atoms with van der Waals surface area (Å²) in [4.78, 5) is 18.7. The molecule has 0 aromatic carbocycles. The number of aromatic nitrogens is 1. The average molecular weight is 293 g/mol. The van der Waals surface area contributed by atoms with Crippen LogP contribution in [0.2, 0.25) is 0 Å². The van der Waals surface area contributed by atoms with Crippen molar-refractivity contribution in [3.05, 3.63) is 23.6 Å². The van der Waals surface area contributed by atoms with E-state index in [2.05, 4.69) is 17.2 Å². The third-order valence-corrected chi connectivity index (χ3v) is 3.94. The monoisotopic (exact) mass is 293 g/mol. The lowest BCUT2D eigenvalue weighted by atomic mass is 9.97. The summed E-state index contributed by atoms with van der Waals surface area (Å²) in [5.74, 6) is -0.0927. The number of hydrogen-bond donors (Lipinski definition) is 1. The summed E-state index contributed by atoms with van der Waals surface area (Å²) >= 11 is 0. The highest BCUT2D eigenvalue weighted by Gasteiger charge is 2.28. The first-order valence-electron chi connectivity index (χ1n) is 7.87. The molecule has 1 saturated heterocycles. The zero-order valence-corrected chi connectivity index (χ0v) is 12.9. The lowest BCUT2D eigenvalue weighted by Crippen LogP contribution is -2.44. The van der Waals surface area contributed by atoms with Gasteiger partial charge in [0.2, 0.25) is 0 Å². The Bertz CT molecular complexity index is 490. The lowest BCUT2D eigenvalue weighted by Gasteiger charge is -2.36. The van der Waals surface area contributed by atoms with Gasteiger partial charge in [-0.3, -0.25) is 4.79 Å². The SMILES string of the molecule is CCCC1CCCCN1C(=O)c1cc(F)cnc1NCC. The molecule has 0 bridgehead atoms. The minimum absolute atomic E-state index is 0.101. The Balaban J connectivity index is 2.26. The minimum Gasteiger partial charge on any atom is -0.370 e. The molecule has 21 heavy (non-hydrogen) atoms. The first kappa shape index (κ1) is 15.7. The zero-order chi connectivity index (χ0) is 15.2. The van der Waals surface area contributed by atoms with Gasteiger partial charge in [0.15, 0.2) is 0 Å². The summed E-state index contributed by atoms with van der Waals surface area (Å²) in [6.45, 7) is 5.47. The summed E-state index contributed by atoms with van der Waals surface area (Å²) in [6, 6.07) is 1.57. The molecule has 2 rings (SSSR count). The molecule has 1 amide bonds. The number of carbonyl (C=O) groups is 1. The summed E-state index contributed by atoms with van der Waals surface area (Å²) in [5.41, 5.74) is 0.347. The van der Waals surface area contributed by atoms with Crippen molar-refractivity contribution in [2.45, 2.75) is 52.0 Å². The van der Waals surface area contributed by atoms with Crippen LogP contribution < -0.4 is 5.32 Å². The molecule has 2 heterocycles. The molecule has 4 nitrogen and oxygen atoms in total. The van der Waals surface area contributed by atoms with Gasteiger partial charge in [0.1, 0.15) is 11.6 Å². The summed E-state index contributed by atoms with van der Waals surface area (Å²) in [6.07, 6.45) is 6.43. The highest BCUT2D eigenvalue weighted by atomic mass is 19.1. The van der Waals surface area contributed by atoms with Crippen molar-refractivity contribution in [2.75, 3.05) is 18.4 Å². The van der Waals surface area contributed by atoms with Crippen LogP contribution in [0.4, 0.5) is 10.2 Å². The largest absolute Gasteiger partial charge is 0.370 e. The second-order valence-corrected chi connectivity index (χ2v) is 5.52. The lowest BCUT2D eigenvalue weighted by molar-refractivity contribution is 0.0601. The normalized spacial score (nSPS) is 18.6. The molecule has 5 heteroatoms. The molecular formula is C16H24FN3O. The van der Waals surface area contributed by atoms with Crippen LogP contribution in [-0.4, -0.2) is 34.9 Å². The number of carbonyl (C=O) groups excluding carboxylic acids is 1. The molecular weight excluding hydrogens is 269 g/mol. The average Bonchev–Trinajstić information content (AvgIpc) is 2.49. The number of piperidine rings is 1. The molecule has 116 valence electrons. The van der Waals surface area contributed by atoms with E-state index in [-0.39, 0.29) is 11.9 Å². The Morgan fingerprint density at radius 1 is 1.48 bits per heavy atom. The van der Waals surface area contributed by atoms with Gasteiger partial charge >= 0.3 is 0 Å². The van der Waals surface area contributed by atoms with E-state index in [1.54, 1.807) is 0 Å². The van der Waals surface area contributed by atoms with E-state index in [1.165, 1.54) is 6.07 Å². The van der Waals surface area contributed by atoms with Gasteiger partial charge in [0.25, 0.3) is 5.91 Å². The van der Waals surface area contributed by atoms with Gasteiger partial charge in [-0.25, -0.2) is 9.37 Å². The van der Waals surface area contributed by atoms with E-state index >= 15 is 0 Å². The third kappa shape index (κ3) is 3.71. The Morgan fingerprint density at radius 2 is 2.29 bits per heavy atom. The molecule has 0 aliphatic carbocycles. The van der Waals surface area contributed by atoms with Gasteiger partial charge < -0.3 is 10.2 Å². The smallest absolute Gasteiger partial charge is 0.257 e. The summed E-state index contributed by atoms with van der Waals surface area (Å²) in [5, 5.41) is 3.04. The second kappa shape index (κ2) is 7.38. The Labute approximate surface area is 125 Å². The quantitative estimate of drug-likeness (QED) is 0.904. The predicted octanol–water partition coefficient (Wildman–Crippen LogP) is 3.45. The first-order valence-corrected chi connectivity index (χ1v) is 7.87. The van der Waals surface area contributed by atoms with Gasteiger partial charge in [-0.05, 0) is 38.7 Å². The standard InChI is InChI=1S/C16H24FN3O/c1-3-7-13-8-5-6-9-20(13)16(21)14-10-12(17)11-19-15(14)18-4-2/h10-11,13H,3-9H2,1-2H3,(H,18,19). The fourth-order valence-corrected chi connectivity index (χ4v) is 2.97. The molecule has 0 saturated carbocycles. The highest BCUT2D eigenvalue weighted by Crippen LogP contribution is 2.25. The Morgan fingerprint density at radius 3 is 3.00 bits per heavy atom. The van der Waals surface area contributed by atoms with E-state index in [0.29, 0.717) is 17.9 Å². The molecule has 1 unspecified atom stereocenters. The molecule has 0 spiro atoms. The molecule has 1 aromatic rings. The van der Waals surface area contributed by atoms with E-state index in [1.807, 2.05) is 11.8 Å². The van der Waals surface area contributed by atoms with Gasteiger partial charge in [-0.15, -0.1) is 0 Å². The van der Waals surface area contributed by atoms with Crippen molar-refractivity contribution in [3.8, 4) is 0 Å². The molecule has 1 aromatic heterocycles. The third-order valence-electron chi connectivity index (χ3n) is 3.94. The topological polar surface area (TPSA) is 45.2 Å². The van der Waals surface area contributed by atoms with Gasteiger partial charge in [-0.2, -0.15) is 0 Å². The van der Waals surface area contributed by atoms with Crippen LogP contribution in [0.1, 0.15) is 56.3 Å². The van der Waals surface area contributed by atoms with E-state index < -0.39 is 5.82 Å². The summed E-state index contributed by atoms with van der Waals surface area (Å²) in [7, 11) is 0. The molecule has 1 N–H and O–H groups in total. The van der Waals surface area contributed by atoms with Crippen LogP contribution in [0.5, 0.6) is 0 Å².